The second-order valence-electron chi connectivity index (χ2n) is 30.2. The van der Waals surface area contributed by atoms with Crippen LogP contribution in [-0.4, -0.2) is 20.1 Å². The highest BCUT2D eigenvalue weighted by molar-refractivity contribution is 6.99. The first-order valence-electron chi connectivity index (χ1n) is 59.0. The lowest BCUT2D eigenvalue weighted by Gasteiger charge is -2.36. The van der Waals surface area contributed by atoms with Gasteiger partial charge in [-0.15, -0.1) is 0 Å². The van der Waals surface area contributed by atoms with Crippen molar-refractivity contribution < 1.29 is 83.3 Å². The van der Waals surface area contributed by atoms with Gasteiger partial charge in [0.2, 0.25) is 0 Å². The molecule has 1 aliphatic carbocycles. The van der Waals surface area contributed by atoms with E-state index >= 15 is 0 Å². The lowest BCUT2D eigenvalue weighted by molar-refractivity contribution is 0.464. The molecule has 6 heterocycles. The SMILES string of the molecule is [2H]c1c([2H])c([2H])c(-c2cccc(N(c3cc4c5c(c3)Oc3c(cccc3-c3c([2H])c([2H])c([2H])c([2H])c3[2H])B5c3cccc(-c5c([2H])c([2H])c([2H])c([2H])c5[2H])c3O4)c3c([2H])c([2H])c([2H])c([2H])c3[2H])c2)c([2H])c1[2H].[2H]c1c([2H])c([2H])c2c(c1[2H])Oc1cccc3c1B2c1cc(-c2ccc4c(c2)-c2ccccc2C4(C)C)ccc1O3.[2H]c1cc([2H])c2c3c1Oc1cc(-c4c([2H])c([2H])c([2H])c([2H])c4C([2H])([2H])[2H])ccc1B3c1ccc(-c3c([2H])c([2H])c([2H])c([2H])c3C([2H])([2H])[2H])cc1O2. The second-order valence-corrected chi connectivity index (χ2v) is 30.2. The minimum absolute atomic E-state index is 0.00622. The predicted octanol–water partition coefficient (Wildman–Crippen LogP) is 23.6. The van der Waals surface area contributed by atoms with Gasteiger partial charge in [0.25, 0.3) is 20.1 Å². The molecule has 10 heteroatoms. The number of fused-ring (bicyclic) bond motifs is 15. The molecule has 7 nitrogen and oxygen atoms in total. The van der Waals surface area contributed by atoms with Crippen LogP contribution in [0.5, 0.6) is 69.0 Å². The summed E-state index contributed by atoms with van der Waals surface area (Å²) in [5.41, 5.74) is 9.80. The summed E-state index contributed by atoms with van der Waals surface area (Å²) in [6.45, 7) is -3.36. The number of hydrogen-bond donors (Lipinski definition) is 0. The zero-order chi connectivity index (χ0) is 117. The molecule has 0 bridgehead atoms. The standard InChI is InChI=1S/C48H32BNO2.C33H23BO2.C32H23BO2/c1-5-16-33(17-6-1)36-22-13-25-38(30-36)50(37-23-11-4-12-24-37)39-31-44-46-45(32-39)52-48-41(35-20-9-3-10-21-35)27-15-29-43(48)49(46)42-28-14-26-40(47(42)51-44)34-18-7-2-8-19-34;1-33(2)24-9-4-3-8-22(24)23-18-20(14-16-25(23)33)21-15-17-29-27(19-21)34-26-10-5-6-11-28(26)35-30-12-7-13-31(36-29)32(30)34;1-20-8-3-5-10-24(20)22-14-16-26-30(18-22)34-28-12-7-13-29-32(28)33(26)27-17-15-23(19-31(27)35-29)25-11-6-4-9-21(25)2/h1-32H;3-19H,1-2H3;3-19H,1-2H3/i1D,2D,3D,4D,5D,6D,7D,8D,9D,10D,11D,12D,16D,17D,18D,19D,20D,21D,23D,24D;5D,6D,10D,11D;1D3,2D3,3D,4D,5D,6D,8D,9D,10D,11D,12D,13D. The summed E-state index contributed by atoms with van der Waals surface area (Å²) in [5, 5.41) is 0. The molecule has 0 atom stereocenters. The van der Waals surface area contributed by atoms with E-state index in [1.54, 1.807) is 36.4 Å². The lowest BCUT2D eigenvalue weighted by atomic mass is 9.34. The quantitative estimate of drug-likeness (QED) is 0.133. The van der Waals surface area contributed by atoms with Crippen LogP contribution >= 0.6 is 0 Å². The molecular weight excluding hydrogens is 1500 g/mol. The van der Waals surface area contributed by atoms with Crippen molar-refractivity contribution in [2.75, 3.05) is 4.90 Å². The molecule has 0 unspecified atom stereocenters. The number of anilines is 3. The maximum absolute atomic E-state index is 9.21. The zero-order valence-electron chi connectivity index (χ0n) is 105. The Kier molecular flexibility index (Phi) is 10.3. The predicted molar refractivity (Wildman–Crippen MR) is 507 cm³/mol. The van der Waals surface area contributed by atoms with Gasteiger partial charge in [-0.05, 0) is 214 Å². The van der Waals surface area contributed by atoms with Crippen molar-refractivity contribution in [1.29, 1.82) is 0 Å². The Bertz CT molecular complexity index is 9350. The van der Waals surface area contributed by atoms with Crippen molar-refractivity contribution in [3.8, 4) is 147 Å². The summed E-state index contributed by atoms with van der Waals surface area (Å²) >= 11 is 0. The van der Waals surface area contributed by atoms with E-state index in [-0.39, 0.29) is 160 Å². The summed E-state index contributed by atoms with van der Waals surface area (Å²) in [4.78, 5) is 1.28. The number of ether oxygens (including phenoxy) is 6. The summed E-state index contributed by atoms with van der Waals surface area (Å²) in [7, 11) is 0. The Balaban J connectivity index is 0.000000137. The van der Waals surface area contributed by atoms with Gasteiger partial charge >= 0.3 is 0 Å². The Labute approximate surface area is 773 Å². The van der Waals surface area contributed by atoms with E-state index in [2.05, 4.69) is 68.4 Å². The third kappa shape index (κ3) is 12.4. The fourth-order valence-electron chi connectivity index (χ4n) is 17.6. The minimum Gasteiger partial charge on any atom is -0.458 e. The van der Waals surface area contributed by atoms with E-state index in [9.17, 15) is 2.74 Å². The molecule has 0 N–H and O–H groups in total. The van der Waals surface area contributed by atoms with Crippen LogP contribution in [0, 0.1) is 13.7 Å². The van der Waals surface area contributed by atoms with Crippen molar-refractivity contribution in [1.82, 2.24) is 0 Å². The summed E-state index contributed by atoms with van der Waals surface area (Å²) in [6.07, 6.45) is 0. The van der Waals surface area contributed by atoms with Crippen LogP contribution in [-0.2, 0) is 5.41 Å². The van der Waals surface area contributed by atoms with Crippen LogP contribution in [0.3, 0.4) is 0 Å². The van der Waals surface area contributed by atoms with Gasteiger partial charge in [0.1, 0.15) is 69.0 Å². The Morgan fingerprint density at radius 2 is 0.715 bits per heavy atom. The molecule has 25 rings (SSSR count). The van der Waals surface area contributed by atoms with Crippen LogP contribution in [0.2, 0.25) is 0 Å². The van der Waals surface area contributed by atoms with Gasteiger partial charge in [-0.3, -0.25) is 0 Å². The van der Waals surface area contributed by atoms with Gasteiger partial charge in [0.05, 0.1) is 52.3 Å². The van der Waals surface area contributed by atoms with E-state index in [0.717, 1.165) is 22.1 Å². The van der Waals surface area contributed by atoms with Gasteiger partial charge in [0.15, 0.2) is 0 Å². The van der Waals surface area contributed by atoms with Crippen LogP contribution < -0.4 is 82.5 Å². The van der Waals surface area contributed by atoms with Crippen LogP contribution in [0.1, 0.15) is 90.9 Å². The normalized spacial score (nSPS) is 17.9. The second kappa shape index (κ2) is 29.6. The summed E-state index contributed by atoms with van der Waals surface area (Å²) in [5.74, 6) is 2.53. The summed E-state index contributed by atoms with van der Waals surface area (Å²) in [6, 6.07) is 37.3. The van der Waals surface area contributed by atoms with Crippen molar-refractivity contribution in [2.24, 2.45) is 0 Å². The molecule has 580 valence electrons. The number of benzene rings is 18. The van der Waals surface area contributed by atoms with Gasteiger partial charge in [0, 0.05) is 64.7 Å². The molecule has 18 aromatic rings. The van der Waals surface area contributed by atoms with Crippen molar-refractivity contribution in [3.05, 3.63) is 422 Å². The molecular formula is C113H78B3NO6. The molecule has 0 aromatic heterocycles. The Morgan fingerprint density at radius 3 is 1.35 bits per heavy atom. The number of para-hydroxylation sites is 4. The first-order chi connectivity index (χ1) is 77.1. The lowest BCUT2D eigenvalue weighted by Crippen LogP contribution is -2.57. The first-order valence-corrected chi connectivity index (χ1v) is 39.0. The van der Waals surface area contributed by atoms with E-state index < -0.39 is 220 Å². The Hall–Kier alpha value is -15.2. The molecule has 0 saturated heterocycles. The monoisotopic (exact) mass is 1620 g/mol. The van der Waals surface area contributed by atoms with E-state index in [0.29, 0.717) is 55.5 Å². The molecule has 18 aromatic carbocycles. The van der Waals surface area contributed by atoms with Gasteiger partial charge < -0.3 is 33.3 Å². The van der Waals surface area contributed by atoms with E-state index in [4.69, 9.17) is 80.5 Å². The molecule has 123 heavy (non-hydrogen) atoms. The Morgan fingerprint density at radius 1 is 0.244 bits per heavy atom. The molecule has 6 aliphatic heterocycles. The number of nitrogens with zero attached hydrogens (tertiary/aromatic N) is 1. The zero-order valence-corrected chi connectivity index (χ0v) is 64.6. The minimum atomic E-state index is -2.90. The third-order valence-corrected chi connectivity index (χ3v) is 23.1. The average Bonchev–Trinajstić information content (AvgIpc) is 1.34. The molecule has 0 amide bonds. The summed E-state index contributed by atoms with van der Waals surface area (Å²) < 4.78 is 378. The average molecular weight is 1620 g/mol. The van der Waals surface area contributed by atoms with Gasteiger partial charge in [-0.25, -0.2) is 0 Å². The fourth-order valence-corrected chi connectivity index (χ4v) is 17.6. The maximum Gasteiger partial charge on any atom is 0.260 e. The van der Waals surface area contributed by atoms with E-state index in [1.807, 2.05) is 24.3 Å². The van der Waals surface area contributed by atoms with Crippen LogP contribution in [0.25, 0.3) is 77.9 Å². The van der Waals surface area contributed by atoms with Crippen molar-refractivity contribution in [3.63, 3.8) is 0 Å². The van der Waals surface area contributed by atoms with Gasteiger partial charge in [-0.2, -0.15) is 0 Å². The highest BCUT2D eigenvalue weighted by Crippen LogP contribution is 2.52. The fraction of sp³-hybridized carbons (Fsp3) is 0.0442. The topological polar surface area (TPSA) is 58.6 Å². The van der Waals surface area contributed by atoms with Crippen molar-refractivity contribution in [2.45, 2.75) is 33.0 Å². The number of hydrogen-bond acceptors (Lipinski definition) is 7. The van der Waals surface area contributed by atoms with E-state index in [1.165, 1.54) is 106 Å². The first kappa shape index (κ1) is 42.6. The number of rotatable bonds is 9. The molecule has 7 aliphatic rings. The molecule has 0 spiro atoms. The molecule has 0 fully saturated rings. The van der Waals surface area contributed by atoms with Crippen LogP contribution in [0.15, 0.2) is 400 Å². The molecule has 0 saturated carbocycles. The molecule has 0 radical (unpaired) electrons. The van der Waals surface area contributed by atoms with Gasteiger partial charge in [-0.1, -0.05) is 323 Å². The highest BCUT2D eigenvalue weighted by atomic mass is 16.5. The van der Waals surface area contributed by atoms with Crippen molar-refractivity contribution >= 4 is 86.4 Å². The van der Waals surface area contributed by atoms with Crippen LogP contribution in [0.4, 0.5) is 17.1 Å². The highest BCUT2D eigenvalue weighted by Gasteiger charge is 2.45. The largest absolute Gasteiger partial charge is 0.458 e. The third-order valence-electron chi connectivity index (χ3n) is 23.1. The smallest absolute Gasteiger partial charge is 0.260 e. The maximum atomic E-state index is 9.21.